The Hall–Kier alpha value is -0.830. The number of aromatic nitrogens is 2. The normalized spacial score (nSPS) is 26.4. The predicted molar refractivity (Wildman–Crippen MR) is 68.9 cm³/mol. The van der Waals surface area contributed by atoms with E-state index >= 15 is 0 Å². The summed E-state index contributed by atoms with van der Waals surface area (Å²) >= 11 is 0. The predicted octanol–water partition coefficient (Wildman–Crippen LogP) is 2.55. The van der Waals surface area contributed by atoms with Crippen molar-refractivity contribution in [2.75, 3.05) is 0 Å². The number of aliphatic hydroxyl groups excluding tert-OH is 1. The van der Waals surface area contributed by atoms with Crippen LogP contribution in [-0.2, 0) is 13.0 Å². The van der Waals surface area contributed by atoms with Crippen molar-refractivity contribution in [3.05, 3.63) is 17.5 Å². The minimum absolute atomic E-state index is 0.200. The summed E-state index contributed by atoms with van der Waals surface area (Å²) < 4.78 is 2.01. The van der Waals surface area contributed by atoms with Crippen LogP contribution in [0, 0.1) is 18.8 Å². The second-order valence-corrected chi connectivity index (χ2v) is 5.44. The zero-order valence-corrected chi connectivity index (χ0v) is 11.2. The van der Waals surface area contributed by atoms with E-state index < -0.39 is 0 Å². The lowest BCUT2D eigenvalue weighted by atomic mass is 9.90. The van der Waals surface area contributed by atoms with Crippen molar-refractivity contribution in [1.29, 1.82) is 0 Å². The lowest BCUT2D eigenvalue weighted by Crippen LogP contribution is -2.26. The van der Waals surface area contributed by atoms with Gasteiger partial charge >= 0.3 is 0 Å². The highest BCUT2D eigenvalue weighted by molar-refractivity contribution is 5.10. The third-order valence-electron chi connectivity index (χ3n) is 4.13. The molecule has 1 saturated carbocycles. The fourth-order valence-corrected chi connectivity index (χ4v) is 3.15. The molecular weight excluding hydrogens is 212 g/mol. The van der Waals surface area contributed by atoms with E-state index in [-0.39, 0.29) is 6.10 Å². The second-order valence-electron chi connectivity index (χ2n) is 5.44. The maximum absolute atomic E-state index is 10.4. The molecular formula is C14H24N2O. The quantitative estimate of drug-likeness (QED) is 0.872. The highest BCUT2D eigenvalue weighted by Crippen LogP contribution is 2.34. The average Bonchev–Trinajstić information content (AvgIpc) is 2.84. The van der Waals surface area contributed by atoms with Crippen molar-refractivity contribution in [1.82, 2.24) is 9.78 Å². The average molecular weight is 236 g/mol. The van der Waals surface area contributed by atoms with E-state index in [1.807, 2.05) is 11.6 Å². The molecule has 3 unspecified atom stereocenters. The lowest BCUT2D eigenvalue weighted by molar-refractivity contribution is 0.0882. The van der Waals surface area contributed by atoms with Gasteiger partial charge in [0.25, 0.3) is 0 Å². The van der Waals surface area contributed by atoms with Crippen LogP contribution in [-0.4, -0.2) is 21.0 Å². The van der Waals surface area contributed by atoms with Crippen LogP contribution in [0.15, 0.2) is 6.07 Å². The molecule has 1 aromatic rings. The molecule has 3 heteroatoms. The molecule has 3 atom stereocenters. The minimum atomic E-state index is -0.200. The fourth-order valence-electron chi connectivity index (χ4n) is 3.15. The van der Waals surface area contributed by atoms with Crippen molar-refractivity contribution in [2.45, 2.75) is 59.1 Å². The molecule has 96 valence electrons. The summed E-state index contributed by atoms with van der Waals surface area (Å²) in [5, 5.41) is 14.8. The molecule has 1 fully saturated rings. The monoisotopic (exact) mass is 236 g/mol. The Bertz CT molecular complexity index is 372. The molecule has 1 aliphatic rings. The molecule has 0 aliphatic heterocycles. The summed E-state index contributed by atoms with van der Waals surface area (Å²) in [5.41, 5.74) is 2.23. The summed E-state index contributed by atoms with van der Waals surface area (Å²) in [4.78, 5) is 0. The van der Waals surface area contributed by atoms with Crippen LogP contribution in [0.1, 0.15) is 44.5 Å². The molecule has 0 spiro atoms. The molecule has 17 heavy (non-hydrogen) atoms. The van der Waals surface area contributed by atoms with Crippen LogP contribution in [0.2, 0.25) is 0 Å². The van der Waals surface area contributed by atoms with Crippen LogP contribution in [0.25, 0.3) is 0 Å². The number of nitrogens with zero attached hydrogens (tertiary/aromatic N) is 2. The highest BCUT2D eigenvalue weighted by atomic mass is 16.3. The van der Waals surface area contributed by atoms with Crippen LogP contribution in [0.4, 0.5) is 0 Å². The number of aliphatic hydroxyl groups is 1. The van der Waals surface area contributed by atoms with Gasteiger partial charge in [0.2, 0.25) is 0 Å². The van der Waals surface area contributed by atoms with Gasteiger partial charge in [0, 0.05) is 18.7 Å². The number of aryl methyl sites for hydroxylation is 2. The summed E-state index contributed by atoms with van der Waals surface area (Å²) in [5.74, 6) is 1.15. The minimum Gasteiger partial charge on any atom is -0.392 e. The standard InChI is InChI=1S/C14H24N2O/c1-4-16-12(8-11(3)15-16)9-14(17)13-7-5-6-10(13)2/h8,10,13-14,17H,4-7,9H2,1-3H3. The first-order valence-electron chi connectivity index (χ1n) is 6.83. The lowest BCUT2D eigenvalue weighted by Gasteiger charge is -2.22. The topological polar surface area (TPSA) is 38.0 Å². The van der Waals surface area contributed by atoms with Crippen LogP contribution < -0.4 is 0 Å². The molecule has 1 aromatic heterocycles. The number of rotatable bonds is 4. The molecule has 0 saturated heterocycles. The van der Waals surface area contributed by atoms with E-state index in [4.69, 9.17) is 0 Å². The third-order valence-corrected chi connectivity index (χ3v) is 4.13. The molecule has 0 aromatic carbocycles. The molecule has 1 aliphatic carbocycles. The molecule has 1 heterocycles. The Labute approximate surface area is 104 Å². The third kappa shape index (κ3) is 2.71. The van der Waals surface area contributed by atoms with Crippen molar-refractivity contribution in [3.63, 3.8) is 0 Å². The van der Waals surface area contributed by atoms with Crippen LogP contribution in [0.3, 0.4) is 0 Å². The van der Waals surface area contributed by atoms with Gasteiger partial charge in [-0.05, 0) is 38.2 Å². The number of hydrogen-bond acceptors (Lipinski definition) is 2. The van der Waals surface area contributed by atoms with Crippen molar-refractivity contribution < 1.29 is 5.11 Å². The molecule has 0 amide bonds. The maximum Gasteiger partial charge on any atom is 0.0626 e. The van der Waals surface area contributed by atoms with Gasteiger partial charge in [0.05, 0.1) is 11.8 Å². The van der Waals surface area contributed by atoms with Gasteiger partial charge < -0.3 is 5.11 Å². The van der Waals surface area contributed by atoms with E-state index in [1.165, 1.54) is 25.0 Å². The maximum atomic E-state index is 10.4. The Kier molecular flexibility index (Phi) is 3.87. The Morgan fingerprint density at radius 3 is 2.88 bits per heavy atom. The van der Waals surface area contributed by atoms with Crippen molar-refractivity contribution >= 4 is 0 Å². The fraction of sp³-hybridized carbons (Fsp3) is 0.786. The first-order chi connectivity index (χ1) is 8.11. The Morgan fingerprint density at radius 2 is 2.29 bits per heavy atom. The van der Waals surface area contributed by atoms with E-state index in [1.54, 1.807) is 0 Å². The first-order valence-corrected chi connectivity index (χ1v) is 6.83. The van der Waals surface area contributed by atoms with E-state index in [9.17, 15) is 5.11 Å². The number of hydrogen-bond donors (Lipinski definition) is 1. The van der Waals surface area contributed by atoms with Crippen molar-refractivity contribution in [2.24, 2.45) is 11.8 Å². The molecule has 0 radical (unpaired) electrons. The summed E-state index contributed by atoms with van der Waals surface area (Å²) in [6.45, 7) is 7.26. The van der Waals surface area contributed by atoms with E-state index in [2.05, 4.69) is 25.0 Å². The Balaban J connectivity index is 2.04. The molecule has 0 bridgehead atoms. The Morgan fingerprint density at radius 1 is 1.53 bits per heavy atom. The van der Waals surface area contributed by atoms with Gasteiger partial charge in [0.1, 0.15) is 0 Å². The van der Waals surface area contributed by atoms with Crippen LogP contribution in [0.5, 0.6) is 0 Å². The van der Waals surface area contributed by atoms with Crippen molar-refractivity contribution in [3.8, 4) is 0 Å². The summed E-state index contributed by atoms with van der Waals surface area (Å²) in [7, 11) is 0. The van der Waals surface area contributed by atoms with Crippen LogP contribution >= 0.6 is 0 Å². The largest absolute Gasteiger partial charge is 0.392 e. The van der Waals surface area contributed by atoms with Gasteiger partial charge in [-0.3, -0.25) is 4.68 Å². The summed E-state index contributed by atoms with van der Waals surface area (Å²) in [6, 6.07) is 2.10. The smallest absolute Gasteiger partial charge is 0.0626 e. The molecule has 2 rings (SSSR count). The second kappa shape index (κ2) is 5.21. The highest BCUT2D eigenvalue weighted by Gasteiger charge is 2.30. The molecule has 3 nitrogen and oxygen atoms in total. The summed E-state index contributed by atoms with van der Waals surface area (Å²) in [6.07, 6.45) is 4.28. The molecule has 1 N–H and O–H groups in total. The van der Waals surface area contributed by atoms with Gasteiger partial charge in [0.15, 0.2) is 0 Å². The van der Waals surface area contributed by atoms with Gasteiger partial charge in [-0.1, -0.05) is 19.8 Å². The SMILES string of the molecule is CCn1nc(C)cc1CC(O)C1CCCC1C. The van der Waals surface area contributed by atoms with E-state index in [0.717, 1.165) is 18.7 Å². The zero-order valence-electron chi connectivity index (χ0n) is 11.2. The van der Waals surface area contributed by atoms with Gasteiger partial charge in [-0.15, -0.1) is 0 Å². The zero-order chi connectivity index (χ0) is 12.4. The first kappa shape index (κ1) is 12.6. The van der Waals surface area contributed by atoms with Gasteiger partial charge in [-0.2, -0.15) is 5.10 Å². The van der Waals surface area contributed by atoms with Gasteiger partial charge in [-0.25, -0.2) is 0 Å². The van der Waals surface area contributed by atoms with E-state index in [0.29, 0.717) is 11.8 Å².